The number of nitrogens with one attached hydrogen (secondary N) is 1. The van der Waals surface area contributed by atoms with Crippen molar-refractivity contribution in [2.75, 3.05) is 51.3 Å². The maximum atomic E-state index is 5.80. The Hall–Kier alpha value is -1.10. The number of nitrogens with zero attached hydrogens (tertiary/aromatic N) is 2. The van der Waals surface area contributed by atoms with Crippen LogP contribution in [-0.4, -0.2) is 57.4 Å². The Morgan fingerprint density at radius 1 is 1.19 bits per heavy atom. The molecule has 2 aliphatic heterocycles. The van der Waals surface area contributed by atoms with Gasteiger partial charge in [-0.1, -0.05) is 18.2 Å². The van der Waals surface area contributed by atoms with Crippen molar-refractivity contribution >= 4 is 5.69 Å². The van der Waals surface area contributed by atoms with Crippen LogP contribution in [0.3, 0.4) is 0 Å². The number of hydrogen-bond donors (Lipinski definition) is 1. The summed E-state index contributed by atoms with van der Waals surface area (Å²) in [6, 6.07) is 8.79. The molecule has 116 valence electrons. The van der Waals surface area contributed by atoms with Crippen molar-refractivity contribution in [1.82, 2.24) is 10.2 Å². The van der Waals surface area contributed by atoms with Gasteiger partial charge < -0.3 is 19.9 Å². The first-order valence-electron chi connectivity index (χ1n) is 8.16. The summed E-state index contributed by atoms with van der Waals surface area (Å²) >= 11 is 0. The van der Waals surface area contributed by atoms with E-state index < -0.39 is 0 Å². The smallest absolute Gasteiger partial charge is 0.0826 e. The molecule has 1 N–H and O–H groups in total. The summed E-state index contributed by atoms with van der Waals surface area (Å²) in [5, 5.41) is 3.58. The highest BCUT2D eigenvalue weighted by atomic mass is 16.5. The van der Waals surface area contributed by atoms with Crippen LogP contribution in [0.15, 0.2) is 24.3 Å². The summed E-state index contributed by atoms with van der Waals surface area (Å²) in [6.45, 7) is 7.19. The largest absolute Gasteiger partial charge is 0.374 e. The van der Waals surface area contributed by atoms with Crippen LogP contribution in [0.1, 0.15) is 18.4 Å². The maximum Gasteiger partial charge on any atom is 0.0826 e. The van der Waals surface area contributed by atoms with E-state index in [1.807, 2.05) is 0 Å². The van der Waals surface area contributed by atoms with E-state index in [-0.39, 0.29) is 0 Å². The number of rotatable bonds is 5. The van der Waals surface area contributed by atoms with E-state index in [1.54, 1.807) is 0 Å². The lowest BCUT2D eigenvalue weighted by molar-refractivity contribution is -0.0182. The van der Waals surface area contributed by atoms with E-state index in [0.717, 1.165) is 32.8 Å². The van der Waals surface area contributed by atoms with Crippen LogP contribution in [0.2, 0.25) is 0 Å². The van der Waals surface area contributed by atoms with Crippen LogP contribution in [0.5, 0.6) is 0 Å². The predicted octanol–water partition coefficient (Wildman–Crippen LogP) is 1.71. The standard InChI is InChI=1S/C17H27N3O/c1-19-10-11-21-16(14-19)13-18-12-15-6-2-3-7-17(15)20-8-4-5-9-20/h2-3,6-7,16,18H,4-5,8-14H2,1H3. The topological polar surface area (TPSA) is 27.7 Å². The monoisotopic (exact) mass is 289 g/mol. The Bertz CT molecular complexity index is 445. The maximum absolute atomic E-state index is 5.80. The number of likely N-dealkylation sites (N-methyl/N-ethyl adjacent to an activating group) is 1. The Morgan fingerprint density at radius 3 is 2.81 bits per heavy atom. The molecule has 0 radical (unpaired) electrons. The van der Waals surface area contributed by atoms with Gasteiger partial charge in [-0.3, -0.25) is 0 Å². The fourth-order valence-electron chi connectivity index (χ4n) is 3.28. The minimum absolute atomic E-state index is 0.322. The minimum atomic E-state index is 0.322. The highest BCUT2D eigenvalue weighted by Gasteiger charge is 2.18. The van der Waals surface area contributed by atoms with Gasteiger partial charge in [0, 0.05) is 45.0 Å². The average Bonchev–Trinajstić information content (AvgIpc) is 3.02. The Balaban J connectivity index is 1.53. The van der Waals surface area contributed by atoms with Crippen molar-refractivity contribution in [3.05, 3.63) is 29.8 Å². The molecule has 0 amide bonds. The highest BCUT2D eigenvalue weighted by Crippen LogP contribution is 2.24. The lowest BCUT2D eigenvalue weighted by Gasteiger charge is -2.30. The van der Waals surface area contributed by atoms with Gasteiger partial charge in [0.05, 0.1) is 12.7 Å². The number of ether oxygens (including phenoxy) is 1. The molecule has 21 heavy (non-hydrogen) atoms. The lowest BCUT2D eigenvalue weighted by Crippen LogP contribution is -2.44. The summed E-state index contributed by atoms with van der Waals surface area (Å²) in [5.41, 5.74) is 2.81. The Labute approximate surface area is 128 Å². The van der Waals surface area contributed by atoms with Gasteiger partial charge in [0.15, 0.2) is 0 Å². The molecule has 0 bridgehead atoms. The van der Waals surface area contributed by atoms with Gasteiger partial charge in [0.1, 0.15) is 0 Å². The number of hydrogen-bond acceptors (Lipinski definition) is 4. The van der Waals surface area contributed by atoms with Crippen LogP contribution in [-0.2, 0) is 11.3 Å². The lowest BCUT2D eigenvalue weighted by atomic mass is 10.1. The van der Waals surface area contributed by atoms with E-state index in [9.17, 15) is 0 Å². The highest BCUT2D eigenvalue weighted by molar-refractivity contribution is 5.54. The van der Waals surface area contributed by atoms with Gasteiger partial charge in [-0.05, 0) is 31.5 Å². The zero-order chi connectivity index (χ0) is 14.5. The SMILES string of the molecule is CN1CCOC(CNCc2ccccc2N2CCCC2)C1. The summed E-state index contributed by atoms with van der Waals surface area (Å²) in [4.78, 5) is 4.86. The fraction of sp³-hybridized carbons (Fsp3) is 0.647. The molecular weight excluding hydrogens is 262 g/mol. The van der Waals surface area contributed by atoms with Gasteiger partial charge in [0.25, 0.3) is 0 Å². The third-order valence-electron chi connectivity index (χ3n) is 4.47. The third kappa shape index (κ3) is 3.96. The van der Waals surface area contributed by atoms with Crippen molar-refractivity contribution in [2.24, 2.45) is 0 Å². The zero-order valence-corrected chi connectivity index (χ0v) is 13.1. The molecule has 2 fully saturated rings. The minimum Gasteiger partial charge on any atom is -0.374 e. The average molecular weight is 289 g/mol. The van der Waals surface area contributed by atoms with E-state index in [1.165, 1.54) is 37.2 Å². The normalized spacial score (nSPS) is 23.7. The van der Waals surface area contributed by atoms with E-state index in [2.05, 4.69) is 46.4 Å². The van der Waals surface area contributed by atoms with Crippen molar-refractivity contribution in [1.29, 1.82) is 0 Å². The van der Waals surface area contributed by atoms with Crippen LogP contribution in [0.4, 0.5) is 5.69 Å². The van der Waals surface area contributed by atoms with Gasteiger partial charge in [-0.25, -0.2) is 0 Å². The fourth-order valence-corrected chi connectivity index (χ4v) is 3.28. The molecule has 0 aliphatic carbocycles. The molecule has 2 aliphatic rings. The molecule has 0 saturated carbocycles. The third-order valence-corrected chi connectivity index (χ3v) is 4.47. The number of benzene rings is 1. The van der Waals surface area contributed by atoms with Crippen LogP contribution in [0, 0.1) is 0 Å². The molecule has 2 heterocycles. The van der Waals surface area contributed by atoms with Gasteiger partial charge in [0.2, 0.25) is 0 Å². The van der Waals surface area contributed by atoms with E-state index in [4.69, 9.17) is 4.74 Å². The van der Waals surface area contributed by atoms with Crippen LogP contribution >= 0.6 is 0 Å². The van der Waals surface area contributed by atoms with Crippen LogP contribution in [0.25, 0.3) is 0 Å². The van der Waals surface area contributed by atoms with E-state index in [0.29, 0.717) is 6.10 Å². The molecule has 1 atom stereocenters. The van der Waals surface area contributed by atoms with Gasteiger partial charge in [-0.2, -0.15) is 0 Å². The number of anilines is 1. The first-order valence-corrected chi connectivity index (χ1v) is 8.16. The first-order chi connectivity index (χ1) is 10.3. The molecule has 0 aromatic heterocycles. The van der Waals surface area contributed by atoms with Crippen molar-refractivity contribution < 1.29 is 4.74 Å². The van der Waals surface area contributed by atoms with Crippen LogP contribution < -0.4 is 10.2 Å². The van der Waals surface area contributed by atoms with Crippen molar-refractivity contribution in [3.63, 3.8) is 0 Å². The quantitative estimate of drug-likeness (QED) is 0.893. The second kappa shape index (κ2) is 7.25. The molecular formula is C17H27N3O. The molecule has 1 aromatic carbocycles. The van der Waals surface area contributed by atoms with Crippen molar-refractivity contribution in [2.45, 2.75) is 25.5 Å². The molecule has 0 spiro atoms. The van der Waals surface area contributed by atoms with Gasteiger partial charge >= 0.3 is 0 Å². The number of morpholine rings is 1. The summed E-state index contributed by atoms with van der Waals surface area (Å²) in [5.74, 6) is 0. The van der Waals surface area contributed by atoms with Gasteiger partial charge in [-0.15, -0.1) is 0 Å². The predicted molar refractivity (Wildman–Crippen MR) is 86.8 cm³/mol. The Morgan fingerprint density at radius 2 is 2.00 bits per heavy atom. The first kappa shape index (κ1) is 14.8. The van der Waals surface area contributed by atoms with Crippen molar-refractivity contribution in [3.8, 4) is 0 Å². The summed E-state index contributed by atoms with van der Waals surface area (Å²) in [7, 11) is 2.16. The number of para-hydroxylation sites is 1. The van der Waals surface area contributed by atoms with E-state index >= 15 is 0 Å². The summed E-state index contributed by atoms with van der Waals surface area (Å²) < 4.78 is 5.80. The molecule has 1 aromatic rings. The summed E-state index contributed by atoms with van der Waals surface area (Å²) in [6.07, 6.45) is 2.97. The molecule has 2 saturated heterocycles. The zero-order valence-electron chi connectivity index (χ0n) is 13.1. The Kier molecular flexibility index (Phi) is 5.12. The second-order valence-corrected chi connectivity index (χ2v) is 6.21. The molecule has 4 nitrogen and oxygen atoms in total. The molecule has 3 rings (SSSR count). The molecule has 1 unspecified atom stereocenters. The second-order valence-electron chi connectivity index (χ2n) is 6.21. The molecule has 4 heteroatoms.